The van der Waals surface area contributed by atoms with Crippen molar-refractivity contribution in [3.05, 3.63) is 41.8 Å². The number of fused-ring (bicyclic) bond motifs is 3. The topological polar surface area (TPSA) is 50.1 Å². The molecule has 2 N–H and O–H groups in total. The number of benzene rings is 1. The zero-order valence-corrected chi connectivity index (χ0v) is 12.4. The van der Waals surface area contributed by atoms with Crippen LogP contribution in [0.3, 0.4) is 0 Å². The summed E-state index contributed by atoms with van der Waals surface area (Å²) < 4.78 is 15.8. The van der Waals surface area contributed by atoms with Crippen molar-refractivity contribution in [3.63, 3.8) is 0 Å². The molecule has 3 aromatic rings. The van der Waals surface area contributed by atoms with E-state index in [1.807, 2.05) is 19.2 Å². The zero-order chi connectivity index (χ0) is 15.3. The van der Waals surface area contributed by atoms with Gasteiger partial charge in [0.25, 0.3) is 0 Å². The van der Waals surface area contributed by atoms with Crippen LogP contribution in [0.5, 0.6) is 0 Å². The molecule has 1 aromatic carbocycles. The molecular formula is C17H18FN3O. The first kappa shape index (κ1) is 13.7. The molecule has 1 saturated heterocycles. The lowest BCUT2D eigenvalue weighted by atomic mass is 10.0. The van der Waals surface area contributed by atoms with E-state index in [-0.39, 0.29) is 11.9 Å². The molecule has 114 valence electrons. The van der Waals surface area contributed by atoms with Gasteiger partial charge >= 0.3 is 0 Å². The largest absolute Gasteiger partial charge is 0.390 e. The van der Waals surface area contributed by atoms with Crippen LogP contribution in [0.1, 0.15) is 18.0 Å². The van der Waals surface area contributed by atoms with Gasteiger partial charge in [-0.15, -0.1) is 0 Å². The first-order chi connectivity index (χ1) is 10.6. The van der Waals surface area contributed by atoms with Gasteiger partial charge in [0, 0.05) is 23.5 Å². The Kier molecular flexibility index (Phi) is 3.13. The molecule has 4 nitrogen and oxygen atoms in total. The van der Waals surface area contributed by atoms with Crippen LogP contribution in [0.25, 0.3) is 21.9 Å². The number of hydrogen-bond acceptors (Lipinski definition) is 3. The van der Waals surface area contributed by atoms with Gasteiger partial charge in [-0.05, 0) is 49.7 Å². The smallest absolute Gasteiger partial charge is 0.141 e. The fraction of sp³-hybridized carbons (Fsp3) is 0.353. The highest BCUT2D eigenvalue weighted by atomic mass is 19.1. The number of aryl methyl sites for hydroxylation is 1. The Morgan fingerprint density at radius 1 is 1.32 bits per heavy atom. The third kappa shape index (κ3) is 2.01. The summed E-state index contributed by atoms with van der Waals surface area (Å²) in [6.45, 7) is 3.41. The fourth-order valence-corrected chi connectivity index (χ4v) is 3.47. The average molecular weight is 299 g/mol. The predicted molar refractivity (Wildman–Crippen MR) is 84.5 cm³/mol. The number of nitrogens with one attached hydrogen (secondary N) is 1. The molecule has 1 fully saturated rings. The summed E-state index contributed by atoms with van der Waals surface area (Å²) in [5.41, 5.74) is 2.79. The molecule has 0 saturated carbocycles. The number of piperidine rings is 1. The van der Waals surface area contributed by atoms with Gasteiger partial charge in [-0.25, -0.2) is 9.37 Å². The minimum atomic E-state index is -0.472. The van der Waals surface area contributed by atoms with Gasteiger partial charge in [0.1, 0.15) is 11.5 Å². The van der Waals surface area contributed by atoms with E-state index in [1.165, 1.54) is 6.07 Å². The Morgan fingerprint density at radius 2 is 2.18 bits per heavy atom. The van der Waals surface area contributed by atoms with Crippen LogP contribution in [0.2, 0.25) is 0 Å². The summed E-state index contributed by atoms with van der Waals surface area (Å²) in [4.78, 5) is 4.57. The SMILES string of the molecule is Cc1cnc2c(c1)c1cc(F)ccc1n2[C@H]1CCNC[C@@H]1O. The van der Waals surface area contributed by atoms with E-state index in [0.717, 1.165) is 40.5 Å². The number of aliphatic hydroxyl groups excluding tert-OH is 1. The molecule has 0 amide bonds. The summed E-state index contributed by atoms with van der Waals surface area (Å²) in [6.07, 6.45) is 2.18. The molecule has 2 atom stereocenters. The second-order valence-electron chi connectivity index (χ2n) is 6.04. The van der Waals surface area contributed by atoms with Crippen LogP contribution in [0, 0.1) is 12.7 Å². The van der Waals surface area contributed by atoms with Crippen molar-refractivity contribution in [2.45, 2.75) is 25.5 Å². The molecule has 4 rings (SSSR count). The van der Waals surface area contributed by atoms with Crippen LogP contribution < -0.4 is 5.32 Å². The number of β-amino-alcohol motifs (C(OH)–C–C–N with tert-alkyl or cyclic N) is 1. The quantitative estimate of drug-likeness (QED) is 0.726. The first-order valence-electron chi connectivity index (χ1n) is 7.60. The molecule has 0 aliphatic carbocycles. The number of aliphatic hydroxyl groups is 1. The van der Waals surface area contributed by atoms with E-state index in [4.69, 9.17) is 0 Å². The summed E-state index contributed by atoms with van der Waals surface area (Å²) in [5.74, 6) is -0.251. The zero-order valence-electron chi connectivity index (χ0n) is 12.4. The summed E-state index contributed by atoms with van der Waals surface area (Å²) in [7, 11) is 0. The molecule has 3 heterocycles. The summed E-state index contributed by atoms with van der Waals surface area (Å²) >= 11 is 0. The maximum atomic E-state index is 13.7. The van der Waals surface area contributed by atoms with E-state index < -0.39 is 6.10 Å². The van der Waals surface area contributed by atoms with Gasteiger partial charge in [0.15, 0.2) is 0 Å². The van der Waals surface area contributed by atoms with Crippen molar-refractivity contribution in [1.82, 2.24) is 14.9 Å². The van der Waals surface area contributed by atoms with Gasteiger partial charge in [0.05, 0.1) is 17.7 Å². The highest BCUT2D eigenvalue weighted by Gasteiger charge is 2.28. The molecule has 22 heavy (non-hydrogen) atoms. The normalized spacial score (nSPS) is 22.5. The van der Waals surface area contributed by atoms with Crippen LogP contribution in [0.4, 0.5) is 4.39 Å². The van der Waals surface area contributed by atoms with E-state index in [2.05, 4.69) is 14.9 Å². The third-order valence-corrected chi connectivity index (χ3v) is 4.49. The van der Waals surface area contributed by atoms with Crippen LogP contribution in [-0.2, 0) is 0 Å². The minimum absolute atomic E-state index is 0.0399. The standard InChI is InChI=1S/C17H18FN3O/c1-10-6-13-12-7-11(18)2-3-14(12)21(17(13)20-8-10)15-4-5-19-9-16(15)22/h2-3,6-8,15-16,19,22H,4-5,9H2,1H3/t15-,16-/m0/s1. The van der Waals surface area contributed by atoms with Crippen LogP contribution >= 0.6 is 0 Å². The number of aromatic nitrogens is 2. The number of nitrogens with zero attached hydrogens (tertiary/aromatic N) is 2. The number of pyridine rings is 1. The molecule has 5 heteroatoms. The van der Waals surface area contributed by atoms with Gasteiger partial charge in [0.2, 0.25) is 0 Å². The maximum Gasteiger partial charge on any atom is 0.141 e. The van der Waals surface area contributed by atoms with Crippen molar-refractivity contribution in [1.29, 1.82) is 0 Å². The van der Waals surface area contributed by atoms with E-state index >= 15 is 0 Å². The lowest BCUT2D eigenvalue weighted by molar-refractivity contribution is 0.0910. The third-order valence-electron chi connectivity index (χ3n) is 4.49. The Balaban J connectivity index is 2.06. The molecule has 1 aliphatic rings. The molecule has 2 aromatic heterocycles. The predicted octanol–water partition coefficient (Wildman–Crippen LogP) is 2.53. The Morgan fingerprint density at radius 3 is 3.00 bits per heavy atom. The van der Waals surface area contributed by atoms with Gasteiger partial charge in [-0.1, -0.05) is 0 Å². The van der Waals surface area contributed by atoms with Gasteiger partial charge in [-0.2, -0.15) is 0 Å². The molecule has 1 aliphatic heterocycles. The highest BCUT2D eigenvalue weighted by molar-refractivity contribution is 6.07. The number of halogens is 1. The van der Waals surface area contributed by atoms with Crippen molar-refractivity contribution in [3.8, 4) is 0 Å². The number of hydrogen-bond donors (Lipinski definition) is 2. The summed E-state index contributed by atoms with van der Waals surface area (Å²) in [6, 6.07) is 6.81. The van der Waals surface area contributed by atoms with Crippen molar-refractivity contribution < 1.29 is 9.50 Å². The molecule has 0 radical (unpaired) electrons. The van der Waals surface area contributed by atoms with E-state index in [1.54, 1.807) is 12.1 Å². The van der Waals surface area contributed by atoms with Crippen LogP contribution in [0.15, 0.2) is 30.5 Å². The minimum Gasteiger partial charge on any atom is -0.390 e. The monoisotopic (exact) mass is 299 g/mol. The van der Waals surface area contributed by atoms with Crippen molar-refractivity contribution >= 4 is 21.9 Å². The Hall–Kier alpha value is -1.98. The lowest BCUT2D eigenvalue weighted by Gasteiger charge is -2.30. The Bertz CT molecular complexity index is 799. The fourth-order valence-electron chi connectivity index (χ4n) is 3.47. The molecule has 0 bridgehead atoms. The maximum absolute atomic E-state index is 13.7. The number of rotatable bonds is 1. The highest BCUT2D eigenvalue weighted by Crippen LogP contribution is 2.34. The van der Waals surface area contributed by atoms with Crippen molar-refractivity contribution in [2.75, 3.05) is 13.1 Å². The summed E-state index contributed by atoms with van der Waals surface area (Å²) in [5, 5.41) is 15.4. The second kappa shape index (κ2) is 5.04. The first-order valence-corrected chi connectivity index (χ1v) is 7.60. The van der Waals surface area contributed by atoms with E-state index in [0.29, 0.717) is 6.54 Å². The van der Waals surface area contributed by atoms with Crippen LogP contribution in [-0.4, -0.2) is 33.9 Å². The van der Waals surface area contributed by atoms with Crippen molar-refractivity contribution in [2.24, 2.45) is 0 Å². The van der Waals surface area contributed by atoms with E-state index in [9.17, 15) is 9.50 Å². The molecule has 0 unspecified atom stereocenters. The molecular weight excluding hydrogens is 281 g/mol. The average Bonchev–Trinajstić information content (AvgIpc) is 2.81. The van der Waals surface area contributed by atoms with Gasteiger partial charge < -0.3 is 15.0 Å². The Labute approximate surface area is 127 Å². The molecule has 0 spiro atoms. The second-order valence-corrected chi connectivity index (χ2v) is 6.04. The van der Waals surface area contributed by atoms with Gasteiger partial charge in [-0.3, -0.25) is 0 Å². The lowest BCUT2D eigenvalue weighted by Crippen LogP contribution is -2.41.